The van der Waals surface area contributed by atoms with Crippen LogP contribution in [0, 0.1) is 11.7 Å². The van der Waals surface area contributed by atoms with Crippen LogP contribution in [-0.4, -0.2) is 22.9 Å². The van der Waals surface area contributed by atoms with E-state index < -0.39 is 0 Å². The molecule has 1 aliphatic heterocycles. The Hall–Kier alpha value is -1.42. The summed E-state index contributed by atoms with van der Waals surface area (Å²) >= 11 is 0. The van der Waals surface area contributed by atoms with Crippen LogP contribution in [0.2, 0.25) is 0 Å². The van der Waals surface area contributed by atoms with Gasteiger partial charge in [0, 0.05) is 6.04 Å². The summed E-state index contributed by atoms with van der Waals surface area (Å²) in [4.78, 5) is 14.3. The molecule has 1 saturated heterocycles. The molecule has 3 rings (SSSR count). The van der Waals surface area contributed by atoms with Crippen molar-refractivity contribution in [3.05, 3.63) is 35.6 Å². The van der Waals surface area contributed by atoms with E-state index in [-0.39, 0.29) is 30.0 Å². The first kappa shape index (κ1) is 13.6. The van der Waals surface area contributed by atoms with E-state index >= 15 is 0 Å². The Kier molecular flexibility index (Phi) is 3.50. The van der Waals surface area contributed by atoms with Crippen LogP contribution in [-0.2, 0) is 4.79 Å². The van der Waals surface area contributed by atoms with Gasteiger partial charge >= 0.3 is 0 Å². The van der Waals surface area contributed by atoms with Gasteiger partial charge in [0.15, 0.2) is 0 Å². The molecule has 1 N–H and O–H groups in total. The first-order chi connectivity index (χ1) is 9.56. The number of carbonyl (C=O) groups is 1. The van der Waals surface area contributed by atoms with E-state index in [0.29, 0.717) is 0 Å². The normalized spacial score (nSPS) is 27.9. The lowest BCUT2D eigenvalue weighted by atomic mass is 10.1. The summed E-state index contributed by atoms with van der Waals surface area (Å²) in [5, 5.41) is 3.32. The summed E-state index contributed by atoms with van der Waals surface area (Å²) in [5.74, 6) is 0.679. The van der Waals surface area contributed by atoms with E-state index in [1.807, 2.05) is 11.8 Å². The SMILES string of the molecule is CC1NC(c2ccc(F)cc2)N(C(C)CC2CC2)C1=O. The van der Waals surface area contributed by atoms with E-state index in [0.717, 1.165) is 17.9 Å². The summed E-state index contributed by atoms with van der Waals surface area (Å²) in [6.07, 6.45) is 3.51. The number of rotatable bonds is 4. The fourth-order valence-electron chi connectivity index (χ4n) is 3.06. The summed E-state index contributed by atoms with van der Waals surface area (Å²) in [6.45, 7) is 4.01. The minimum atomic E-state index is -0.247. The van der Waals surface area contributed by atoms with Crippen molar-refractivity contribution in [2.24, 2.45) is 5.92 Å². The van der Waals surface area contributed by atoms with Gasteiger partial charge in [0.05, 0.1) is 6.04 Å². The second-order valence-electron chi connectivity index (χ2n) is 6.12. The Morgan fingerprint density at radius 1 is 1.35 bits per heavy atom. The van der Waals surface area contributed by atoms with Crippen LogP contribution in [0.25, 0.3) is 0 Å². The number of hydrogen-bond acceptors (Lipinski definition) is 2. The Labute approximate surface area is 119 Å². The zero-order valence-electron chi connectivity index (χ0n) is 12.0. The van der Waals surface area contributed by atoms with Gasteiger partial charge in [-0.15, -0.1) is 0 Å². The van der Waals surface area contributed by atoms with E-state index in [9.17, 15) is 9.18 Å². The third-order valence-corrected chi connectivity index (χ3v) is 4.34. The molecular weight excluding hydrogens is 255 g/mol. The fourth-order valence-corrected chi connectivity index (χ4v) is 3.06. The van der Waals surface area contributed by atoms with Crippen molar-refractivity contribution in [3.63, 3.8) is 0 Å². The lowest BCUT2D eigenvalue weighted by Crippen LogP contribution is -2.38. The van der Waals surface area contributed by atoms with Crippen LogP contribution in [0.5, 0.6) is 0 Å². The number of nitrogens with one attached hydrogen (secondary N) is 1. The van der Waals surface area contributed by atoms with Gasteiger partial charge < -0.3 is 4.90 Å². The van der Waals surface area contributed by atoms with Crippen LogP contribution in [0.3, 0.4) is 0 Å². The van der Waals surface area contributed by atoms with Crippen LogP contribution in [0.15, 0.2) is 24.3 Å². The molecule has 0 bridgehead atoms. The molecule has 1 aliphatic carbocycles. The molecule has 3 atom stereocenters. The number of nitrogens with zero attached hydrogens (tertiary/aromatic N) is 1. The molecule has 1 aromatic rings. The van der Waals surface area contributed by atoms with Crippen molar-refractivity contribution < 1.29 is 9.18 Å². The Morgan fingerprint density at radius 3 is 2.60 bits per heavy atom. The van der Waals surface area contributed by atoms with Gasteiger partial charge in [0.1, 0.15) is 12.0 Å². The summed E-state index contributed by atoms with van der Waals surface area (Å²) in [6, 6.07) is 6.47. The molecule has 1 amide bonds. The molecule has 2 fully saturated rings. The molecule has 2 aliphatic rings. The minimum Gasteiger partial charge on any atom is -0.319 e. The van der Waals surface area contributed by atoms with Gasteiger partial charge in [0.25, 0.3) is 0 Å². The van der Waals surface area contributed by atoms with Crippen LogP contribution in [0.4, 0.5) is 4.39 Å². The molecule has 1 aromatic carbocycles. The first-order valence-corrected chi connectivity index (χ1v) is 7.40. The van der Waals surface area contributed by atoms with Gasteiger partial charge in [-0.3, -0.25) is 10.1 Å². The van der Waals surface area contributed by atoms with Gasteiger partial charge in [-0.05, 0) is 43.9 Å². The molecular formula is C16H21FN2O. The highest BCUT2D eigenvalue weighted by atomic mass is 19.1. The maximum Gasteiger partial charge on any atom is 0.241 e. The largest absolute Gasteiger partial charge is 0.319 e. The third kappa shape index (κ3) is 2.57. The van der Waals surface area contributed by atoms with E-state index in [2.05, 4.69) is 12.2 Å². The molecule has 1 heterocycles. The molecule has 0 aromatic heterocycles. The lowest BCUT2D eigenvalue weighted by Gasteiger charge is -2.30. The predicted octanol–water partition coefficient (Wildman–Crippen LogP) is 2.83. The molecule has 3 nitrogen and oxygen atoms in total. The Bertz CT molecular complexity index is 498. The standard InChI is InChI=1S/C16H21FN2O/c1-10(9-12-3-4-12)19-15(18-11(2)16(19)20)13-5-7-14(17)8-6-13/h5-8,10-12,15,18H,3-4,9H2,1-2H3. The van der Waals surface area contributed by atoms with Crippen molar-refractivity contribution >= 4 is 5.91 Å². The zero-order chi connectivity index (χ0) is 14.3. The highest BCUT2D eigenvalue weighted by Crippen LogP contribution is 2.37. The van der Waals surface area contributed by atoms with Gasteiger partial charge in [-0.25, -0.2) is 4.39 Å². The highest BCUT2D eigenvalue weighted by molar-refractivity contribution is 5.84. The van der Waals surface area contributed by atoms with Crippen molar-refractivity contribution in [2.75, 3.05) is 0 Å². The minimum absolute atomic E-state index is 0.133. The fraction of sp³-hybridized carbons (Fsp3) is 0.562. The van der Waals surface area contributed by atoms with Crippen LogP contribution >= 0.6 is 0 Å². The maximum atomic E-state index is 13.1. The van der Waals surface area contributed by atoms with E-state index in [1.54, 1.807) is 12.1 Å². The van der Waals surface area contributed by atoms with Gasteiger partial charge in [-0.2, -0.15) is 0 Å². The van der Waals surface area contributed by atoms with Crippen molar-refractivity contribution in [2.45, 2.75) is 51.4 Å². The molecule has 4 heteroatoms. The topological polar surface area (TPSA) is 32.3 Å². The molecule has 20 heavy (non-hydrogen) atoms. The van der Waals surface area contributed by atoms with Crippen molar-refractivity contribution in [3.8, 4) is 0 Å². The van der Waals surface area contributed by atoms with E-state index in [1.165, 1.54) is 25.0 Å². The summed E-state index contributed by atoms with van der Waals surface area (Å²) in [7, 11) is 0. The average molecular weight is 276 g/mol. The predicted molar refractivity (Wildman–Crippen MR) is 75.4 cm³/mol. The van der Waals surface area contributed by atoms with Crippen LogP contribution in [0.1, 0.15) is 44.8 Å². The Morgan fingerprint density at radius 2 is 2.00 bits per heavy atom. The van der Waals surface area contributed by atoms with Crippen LogP contribution < -0.4 is 5.32 Å². The first-order valence-electron chi connectivity index (χ1n) is 7.40. The smallest absolute Gasteiger partial charge is 0.241 e. The zero-order valence-corrected chi connectivity index (χ0v) is 12.0. The number of benzene rings is 1. The summed E-state index contributed by atoms with van der Waals surface area (Å²) in [5.41, 5.74) is 0.951. The molecule has 0 spiro atoms. The molecule has 0 radical (unpaired) electrons. The second kappa shape index (κ2) is 5.17. The number of carbonyl (C=O) groups excluding carboxylic acids is 1. The lowest BCUT2D eigenvalue weighted by molar-refractivity contribution is -0.132. The Balaban J connectivity index is 1.82. The third-order valence-electron chi connectivity index (χ3n) is 4.34. The molecule has 1 saturated carbocycles. The van der Waals surface area contributed by atoms with Crippen molar-refractivity contribution in [1.29, 1.82) is 0 Å². The number of hydrogen-bond donors (Lipinski definition) is 1. The average Bonchev–Trinajstić information content (AvgIpc) is 3.17. The maximum absolute atomic E-state index is 13.1. The monoisotopic (exact) mass is 276 g/mol. The molecule has 3 unspecified atom stereocenters. The van der Waals surface area contributed by atoms with Gasteiger partial charge in [0.2, 0.25) is 5.91 Å². The highest BCUT2D eigenvalue weighted by Gasteiger charge is 2.41. The van der Waals surface area contributed by atoms with Gasteiger partial charge in [-0.1, -0.05) is 25.0 Å². The van der Waals surface area contributed by atoms with E-state index in [4.69, 9.17) is 0 Å². The number of amides is 1. The molecule has 108 valence electrons. The quantitative estimate of drug-likeness (QED) is 0.917. The summed E-state index contributed by atoms with van der Waals surface area (Å²) < 4.78 is 13.1. The second-order valence-corrected chi connectivity index (χ2v) is 6.12. The number of halogens is 1. The van der Waals surface area contributed by atoms with Crippen molar-refractivity contribution in [1.82, 2.24) is 10.2 Å².